The highest BCUT2D eigenvalue weighted by atomic mass is 14.1. The van der Waals surface area contributed by atoms with Gasteiger partial charge < -0.3 is 0 Å². The molecule has 0 aliphatic heterocycles. The van der Waals surface area contributed by atoms with Crippen LogP contribution in [0.3, 0.4) is 0 Å². The van der Waals surface area contributed by atoms with Gasteiger partial charge in [-0.1, -0.05) is 63.8 Å². The van der Waals surface area contributed by atoms with Crippen LogP contribution in [0.1, 0.15) is 19.4 Å². The van der Waals surface area contributed by atoms with E-state index in [2.05, 4.69) is 58.3 Å². The maximum atomic E-state index is 4.10. The van der Waals surface area contributed by atoms with Crippen LogP contribution in [0.15, 0.2) is 30.8 Å². The van der Waals surface area contributed by atoms with Gasteiger partial charge in [-0.2, -0.15) is 0 Å². The first kappa shape index (κ1) is 11.1. The SMILES string of the molecule is C=C(c1ccc(B(C)C)cc1)C(C)C. The van der Waals surface area contributed by atoms with Gasteiger partial charge in [0, 0.05) is 0 Å². The number of hydrogen-bond acceptors (Lipinski definition) is 0. The highest BCUT2D eigenvalue weighted by Gasteiger charge is 2.05. The molecular formula is C13H19B. The molecule has 74 valence electrons. The second-order valence-corrected chi connectivity index (χ2v) is 4.46. The Hall–Kier alpha value is -0.975. The Balaban J connectivity index is 2.89. The molecule has 0 unspecified atom stereocenters. The van der Waals surface area contributed by atoms with Crippen molar-refractivity contribution in [1.82, 2.24) is 0 Å². The van der Waals surface area contributed by atoms with Gasteiger partial charge in [-0.3, -0.25) is 0 Å². The van der Waals surface area contributed by atoms with E-state index in [4.69, 9.17) is 0 Å². The fraction of sp³-hybridized carbons (Fsp3) is 0.385. The highest BCUT2D eigenvalue weighted by Crippen LogP contribution is 2.19. The van der Waals surface area contributed by atoms with Gasteiger partial charge in [-0.25, -0.2) is 0 Å². The summed E-state index contributed by atoms with van der Waals surface area (Å²) in [5.74, 6) is 0.528. The first-order valence-corrected chi connectivity index (χ1v) is 5.31. The van der Waals surface area contributed by atoms with E-state index in [0.29, 0.717) is 12.6 Å². The van der Waals surface area contributed by atoms with Gasteiger partial charge in [-0.05, 0) is 17.1 Å². The zero-order chi connectivity index (χ0) is 10.7. The predicted molar refractivity (Wildman–Crippen MR) is 67.4 cm³/mol. The van der Waals surface area contributed by atoms with E-state index >= 15 is 0 Å². The Morgan fingerprint density at radius 1 is 1.14 bits per heavy atom. The van der Waals surface area contributed by atoms with Gasteiger partial charge in [0.1, 0.15) is 0 Å². The van der Waals surface area contributed by atoms with E-state index in [9.17, 15) is 0 Å². The fourth-order valence-corrected chi connectivity index (χ4v) is 1.42. The summed E-state index contributed by atoms with van der Waals surface area (Å²) in [4.78, 5) is 0. The molecule has 0 aliphatic carbocycles. The molecule has 0 bridgehead atoms. The lowest BCUT2D eigenvalue weighted by molar-refractivity contribution is 0.858. The average molecular weight is 186 g/mol. The van der Waals surface area contributed by atoms with Crippen LogP contribution < -0.4 is 5.46 Å². The molecule has 1 heteroatoms. The van der Waals surface area contributed by atoms with Gasteiger partial charge >= 0.3 is 0 Å². The topological polar surface area (TPSA) is 0 Å². The molecule has 0 atom stereocenters. The van der Waals surface area contributed by atoms with Gasteiger partial charge in [-0.15, -0.1) is 0 Å². The lowest BCUT2D eigenvalue weighted by Gasteiger charge is -2.10. The van der Waals surface area contributed by atoms with Crippen molar-refractivity contribution >= 4 is 17.7 Å². The molecule has 0 aliphatic rings. The first-order chi connectivity index (χ1) is 6.52. The van der Waals surface area contributed by atoms with Crippen molar-refractivity contribution in [2.24, 2.45) is 5.92 Å². The van der Waals surface area contributed by atoms with E-state index in [1.165, 1.54) is 16.6 Å². The molecule has 1 rings (SSSR count). The molecule has 0 amide bonds. The minimum absolute atomic E-state index is 0.528. The molecule has 0 saturated heterocycles. The molecule has 0 fully saturated rings. The summed E-state index contributed by atoms with van der Waals surface area (Å²) in [6.07, 6.45) is 0. The molecule has 0 N–H and O–H groups in total. The van der Waals surface area contributed by atoms with Crippen molar-refractivity contribution < 1.29 is 0 Å². The van der Waals surface area contributed by atoms with Gasteiger partial charge in [0.05, 0.1) is 0 Å². The second kappa shape index (κ2) is 4.50. The van der Waals surface area contributed by atoms with Crippen molar-refractivity contribution in [1.29, 1.82) is 0 Å². The third kappa shape index (κ3) is 2.51. The molecule has 1 aromatic rings. The number of rotatable bonds is 3. The smallest absolute Gasteiger partial charge is 0.0950 e. The largest absolute Gasteiger partial charge is 0.169 e. The van der Waals surface area contributed by atoms with Crippen LogP contribution in [-0.2, 0) is 0 Å². The van der Waals surface area contributed by atoms with Crippen molar-refractivity contribution in [3.05, 3.63) is 36.4 Å². The number of allylic oxidation sites excluding steroid dienone is 1. The molecule has 0 radical (unpaired) electrons. The Labute approximate surface area is 88.1 Å². The average Bonchev–Trinajstić information content (AvgIpc) is 2.16. The van der Waals surface area contributed by atoms with E-state index in [1.54, 1.807) is 0 Å². The van der Waals surface area contributed by atoms with E-state index in [1.807, 2.05) is 0 Å². The first-order valence-electron chi connectivity index (χ1n) is 5.31. The lowest BCUT2D eigenvalue weighted by atomic mass is 9.49. The van der Waals surface area contributed by atoms with E-state index in [-0.39, 0.29) is 0 Å². The molecule has 0 aromatic heterocycles. The molecule has 1 aromatic carbocycles. The quantitative estimate of drug-likeness (QED) is 0.635. The van der Waals surface area contributed by atoms with Crippen LogP contribution in [0.2, 0.25) is 13.6 Å². The summed E-state index contributed by atoms with van der Waals surface area (Å²) < 4.78 is 0. The van der Waals surface area contributed by atoms with Crippen LogP contribution in [-0.4, -0.2) is 6.71 Å². The van der Waals surface area contributed by atoms with E-state index < -0.39 is 0 Å². The number of benzene rings is 1. The van der Waals surface area contributed by atoms with Crippen LogP contribution in [0.5, 0.6) is 0 Å². The highest BCUT2D eigenvalue weighted by molar-refractivity contribution is 6.70. The summed E-state index contributed by atoms with van der Waals surface area (Å²) in [6.45, 7) is 13.5. The number of hydrogen-bond donors (Lipinski definition) is 0. The zero-order valence-corrected chi connectivity index (χ0v) is 9.67. The Kier molecular flexibility index (Phi) is 3.57. The van der Waals surface area contributed by atoms with Crippen LogP contribution >= 0.6 is 0 Å². The summed E-state index contributed by atoms with van der Waals surface area (Å²) >= 11 is 0. The third-order valence-corrected chi connectivity index (χ3v) is 2.65. The van der Waals surface area contributed by atoms with Crippen LogP contribution in [0, 0.1) is 5.92 Å². The fourth-order valence-electron chi connectivity index (χ4n) is 1.42. The molecule has 0 nitrogen and oxygen atoms in total. The Morgan fingerprint density at radius 2 is 1.64 bits per heavy atom. The van der Waals surface area contributed by atoms with Gasteiger partial charge in [0.2, 0.25) is 0 Å². The summed E-state index contributed by atoms with van der Waals surface area (Å²) in [6, 6.07) is 8.76. The minimum atomic E-state index is 0.528. The van der Waals surface area contributed by atoms with Crippen LogP contribution in [0.25, 0.3) is 5.57 Å². The van der Waals surface area contributed by atoms with Crippen LogP contribution in [0.4, 0.5) is 0 Å². The molecular weight excluding hydrogens is 167 g/mol. The van der Waals surface area contributed by atoms with Crippen molar-refractivity contribution in [3.63, 3.8) is 0 Å². The molecule has 0 saturated carbocycles. The van der Waals surface area contributed by atoms with Crippen molar-refractivity contribution in [2.45, 2.75) is 27.5 Å². The third-order valence-electron chi connectivity index (χ3n) is 2.65. The van der Waals surface area contributed by atoms with E-state index in [0.717, 1.165) is 0 Å². The Morgan fingerprint density at radius 3 is 2.00 bits per heavy atom. The summed E-state index contributed by atoms with van der Waals surface area (Å²) in [5, 5.41) is 0. The standard InChI is InChI=1S/C13H19B/c1-10(2)11(3)12-6-8-13(9-7-12)14(4)5/h6-10H,3H2,1-2,4-5H3. The summed E-state index contributed by atoms with van der Waals surface area (Å²) in [5.41, 5.74) is 3.88. The van der Waals surface area contributed by atoms with Gasteiger partial charge in [0.25, 0.3) is 0 Å². The molecule has 0 spiro atoms. The monoisotopic (exact) mass is 186 g/mol. The minimum Gasteiger partial charge on any atom is -0.0950 e. The maximum Gasteiger partial charge on any atom is 0.169 e. The second-order valence-electron chi connectivity index (χ2n) is 4.46. The summed E-state index contributed by atoms with van der Waals surface area (Å²) in [7, 11) is 0. The van der Waals surface area contributed by atoms with Gasteiger partial charge in [0.15, 0.2) is 6.71 Å². The lowest BCUT2D eigenvalue weighted by Crippen LogP contribution is -2.21. The predicted octanol–water partition coefficient (Wildman–Crippen LogP) is 3.32. The normalized spacial score (nSPS) is 10.4. The molecule has 0 heterocycles. The van der Waals surface area contributed by atoms with Crippen molar-refractivity contribution in [2.75, 3.05) is 0 Å². The molecule has 14 heavy (non-hydrogen) atoms. The maximum absolute atomic E-state index is 4.10. The Bertz CT molecular complexity index is 307. The zero-order valence-electron chi connectivity index (χ0n) is 9.67. The van der Waals surface area contributed by atoms with Crippen molar-refractivity contribution in [3.8, 4) is 0 Å².